The van der Waals surface area contributed by atoms with Crippen molar-refractivity contribution in [2.75, 3.05) is 0 Å². The van der Waals surface area contributed by atoms with E-state index < -0.39 is 17.4 Å². The summed E-state index contributed by atoms with van der Waals surface area (Å²) in [6.07, 6.45) is 7.19. The van der Waals surface area contributed by atoms with Gasteiger partial charge in [-0.1, -0.05) is 56.9 Å². The number of hydrogen-bond donors (Lipinski definition) is 1. The number of unbranched alkanes of at least 4 members (excludes halogenated alkanes) is 4. The molecule has 0 amide bonds. The van der Waals surface area contributed by atoms with Crippen LogP contribution in [0, 0.1) is 11.6 Å². The first kappa shape index (κ1) is 16.5. The Labute approximate surface area is 130 Å². The highest BCUT2D eigenvalue weighted by atomic mass is 19.2. The topological polar surface area (TPSA) is 20.2 Å². The van der Waals surface area contributed by atoms with Crippen LogP contribution in [0.15, 0.2) is 36.4 Å². The molecule has 2 rings (SSSR count). The van der Waals surface area contributed by atoms with Gasteiger partial charge in [-0.05, 0) is 36.1 Å². The SMILES string of the molecule is CCCCCCCc1ccc(-c2ccc(O)c(F)c2F)cc1. The second kappa shape index (κ2) is 7.92. The van der Waals surface area contributed by atoms with Crippen molar-refractivity contribution in [1.82, 2.24) is 0 Å². The first-order valence-electron chi connectivity index (χ1n) is 7.89. The Hall–Kier alpha value is -1.90. The molecule has 0 aliphatic carbocycles. The molecule has 0 unspecified atom stereocenters. The van der Waals surface area contributed by atoms with Gasteiger partial charge >= 0.3 is 0 Å². The van der Waals surface area contributed by atoms with E-state index in [1.54, 1.807) is 12.1 Å². The molecule has 0 spiro atoms. The summed E-state index contributed by atoms with van der Waals surface area (Å²) in [5.41, 5.74) is 2.00. The Morgan fingerprint density at radius 2 is 1.50 bits per heavy atom. The Bertz CT molecular complexity index is 606. The third-order valence-corrected chi connectivity index (χ3v) is 3.90. The molecule has 0 bridgehead atoms. The highest BCUT2D eigenvalue weighted by Gasteiger charge is 2.13. The first-order chi connectivity index (χ1) is 10.6. The van der Waals surface area contributed by atoms with E-state index >= 15 is 0 Å². The number of benzene rings is 2. The molecule has 2 aromatic carbocycles. The van der Waals surface area contributed by atoms with Crippen molar-refractivity contribution in [1.29, 1.82) is 0 Å². The molecule has 0 saturated heterocycles. The third-order valence-electron chi connectivity index (χ3n) is 3.90. The Balaban J connectivity index is 2.02. The van der Waals surface area contributed by atoms with Gasteiger partial charge in [-0.2, -0.15) is 4.39 Å². The van der Waals surface area contributed by atoms with E-state index in [0.717, 1.165) is 12.8 Å². The van der Waals surface area contributed by atoms with Crippen LogP contribution in [0.3, 0.4) is 0 Å². The number of aromatic hydroxyl groups is 1. The van der Waals surface area contributed by atoms with Gasteiger partial charge in [0.25, 0.3) is 0 Å². The van der Waals surface area contributed by atoms with Gasteiger partial charge in [-0.15, -0.1) is 0 Å². The fourth-order valence-corrected chi connectivity index (χ4v) is 2.55. The number of aryl methyl sites for hydroxylation is 1. The maximum absolute atomic E-state index is 13.8. The van der Waals surface area contributed by atoms with Crippen molar-refractivity contribution in [3.63, 3.8) is 0 Å². The molecule has 0 radical (unpaired) electrons. The fraction of sp³-hybridized carbons (Fsp3) is 0.368. The predicted octanol–water partition coefficient (Wildman–Crippen LogP) is 5.85. The highest BCUT2D eigenvalue weighted by Crippen LogP contribution is 2.29. The monoisotopic (exact) mass is 304 g/mol. The van der Waals surface area contributed by atoms with Gasteiger partial charge in [-0.3, -0.25) is 0 Å². The van der Waals surface area contributed by atoms with Gasteiger partial charge in [0, 0.05) is 5.56 Å². The summed E-state index contributed by atoms with van der Waals surface area (Å²) in [5.74, 6) is -2.87. The molecule has 0 aromatic heterocycles. The van der Waals surface area contributed by atoms with Crippen LogP contribution in [0.25, 0.3) is 11.1 Å². The quantitative estimate of drug-likeness (QED) is 0.636. The van der Waals surface area contributed by atoms with E-state index in [0.29, 0.717) is 5.56 Å². The summed E-state index contributed by atoms with van der Waals surface area (Å²) in [4.78, 5) is 0. The number of halogens is 2. The molecule has 0 aliphatic heterocycles. The van der Waals surface area contributed by atoms with Crippen LogP contribution in [0.1, 0.15) is 44.6 Å². The van der Waals surface area contributed by atoms with Gasteiger partial charge in [0.15, 0.2) is 11.6 Å². The summed E-state index contributed by atoms with van der Waals surface area (Å²) in [7, 11) is 0. The third kappa shape index (κ3) is 4.06. The van der Waals surface area contributed by atoms with Crippen molar-refractivity contribution < 1.29 is 13.9 Å². The summed E-state index contributed by atoms with van der Waals surface area (Å²) < 4.78 is 27.2. The van der Waals surface area contributed by atoms with E-state index in [9.17, 15) is 8.78 Å². The van der Waals surface area contributed by atoms with Gasteiger partial charge in [-0.25, -0.2) is 4.39 Å². The van der Waals surface area contributed by atoms with Crippen molar-refractivity contribution >= 4 is 0 Å². The van der Waals surface area contributed by atoms with Gasteiger partial charge in [0.1, 0.15) is 0 Å². The molecule has 1 nitrogen and oxygen atoms in total. The largest absolute Gasteiger partial charge is 0.505 e. The predicted molar refractivity (Wildman–Crippen MR) is 85.9 cm³/mol. The number of hydrogen-bond acceptors (Lipinski definition) is 1. The molecule has 1 N–H and O–H groups in total. The lowest BCUT2D eigenvalue weighted by molar-refractivity contribution is 0.408. The summed E-state index contributed by atoms with van der Waals surface area (Å²) in [6.45, 7) is 2.20. The van der Waals surface area contributed by atoms with Crippen LogP contribution in [-0.2, 0) is 6.42 Å². The maximum Gasteiger partial charge on any atom is 0.200 e. The summed E-state index contributed by atoms with van der Waals surface area (Å²) in [6, 6.07) is 10.1. The minimum absolute atomic E-state index is 0.171. The van der Waals surface area contributed by atoms with Crippen LogP contribution in [0.4, 0.5) is 8.78 Å². The molecule has 0 heterocycles. The summed E-state index contributed by atoms with van der Waals surface area (Å²) >= 11 is 0. The Morgan fingerprint density at radius 1 is 0.818 bits per heavy atom. The average molecular weight is 304 g/mol. The van der Waals surface area contributed by atoms with Crippen LogP contribution >= 0.6 is 0 Å². The lowest BCUT2D eigenvalue weighted by Gasteiger charge is -2.07. The second-order valence-corrected chi connectivity index (χ2v) is 5.62. The zero-order chi connectivity index (χ0) is 15.9. The minimum atomic E-state index is -1.20. The van der Waals surface area contributed by atoms with E-state index in [4.69, 9.17) is 5.11 Å². The van der Waals surface area contributed by atoms with Crippen molar-refractivity contribution in [2.24, 2.45) is 0 Å². The Morgan fingerprint density at radius 3 is 2.18 bits per heavy atom. The van der Waals surface area contributed by atoms with E-state index in [-0.39, 0.29) is 5.56 Å². The molecule has 2 aromatic rings. The van der Waals surface area contributed by atoms with Gasteiger partial charge in [0.2, 0.25) is 5.82 Å². The summed E-state index contributed by atoms with van der Waals surface area (Å²) in [5, 5.41) is 9.16. The lowest BCUT2D eigenvalue weighted by Crippen LogP contribution is -1.91. The minimum Gasteiger partial charge on any atom is -0.505 e. The molecule has 22 heavy (non-hydrogen) atoms. The van der Waals surface area contributed by atoms with Crippen molar-refractivity contribution in [3.05, 3.63) is 53.6 Å². The number of rotatable bonds is 7. The molecular weight excluding hydrogens is 282 g/mol. The van der Waals surface area contributed by atoms with Crippen LogP contribution < -0.4 is 0 Å². The standard InChI is InChI=1S/C19H22F2O/c1-2-3-4-5-6-7-14-8-10-15(11-9-14)16-12-13-17(22)19(21)18(16)20/h8-13,22H,2-7H2,1H3. The molecule has 0 fully saturated rings. The van der Waals surface area contributed by atoms with Crippen LogP contribution in [0.5, 0.6) is 5.75 Å². The molecule has 0 aliphatic rings. The van der Waals surface area contributed by atoms with Gasteiger partial charge in [0.05, 0.1) is 0 Å². The van der Waals surface area contributed by atoms with Crippen molar-refractivity contribution in [3.8, 4) is 16.9 Å². The van der Waals surface area contributed by atoms with Crippen LogP contribution in [0.2, 0.25) is 0 Å². The van der Waals surface area contributed by atoms with Crippen molar-refractivity contribution in [2.45, 2.75) is 45.4 Å². The first-order valence-corrected chi connectivity index (χ1v) is 7.89. The highest BCUT2D eigenvalue weighted by molar-refractivity contribution is 5.65. The number of phenolic OH excluding ortho intramolecular Hbond substituents is 1. The molecule has 0 saturated carbocycles. The molecule has 0 atom stereocenters. The van der Waals surface area contributed by atoms with Crippen LogP contribution in [-0.4, -0.2) is 5.11 Å². The zero-order valence-electron chi connectivity index (χ0n) is 12.9. The smallest absolute Gasteiger partial charge is 0.200 e. The normalized spacial score (nSPS) is 10.9. The molecular formula is C19H22F2O. The van der Waals surface area contributed by atoms with E-state index in [2.05, 4.69) is 6.92 Å². The molecule has 3 heteroatoms. The van der Waals surface area contributed by atoms with E-state index in [1.807, 2.05) is 12.1 Å². The molecule has 118 valence electrons. The Kier molecular flexibility index (Phi) is 5.93. The van der Waals surface area contributed by atoms with Gasteiger partial charge < -0.3 is 5.11 Å². The fourth-order valence-electron chi connectivity index (χ4n) is 2.55. The van der Waals surface area contributed by atoms with E-state index in [1.165, 1.54) is 43.4 Å². The second-order valence-electron chi connectivity index (χ2n) is 5.62. The zero-order valence-corrected chi connectivity index (χ0v) is 12.9. The lowest BCUT2D eigenvalue weighted by atomic mass is 10.0. The number of phenols is 1. The maximum atomic E-state index is 13.8. The average Bonchev–Trinajstić information content (AvgIpc) is 2.53.